The number of nitrogens with two attached hydrogens (primary N) is 1. The Labute approximate surface area is 104 Å². The molecule has 3 N–H and O–H groups in total. The van der Waals surface area contributed by atoms with Gasteiger partial charge in [-0.3, -0.25) is 4.98 Å². The molecule has 5 nitrogen and oxygen atoms in total. The highest BCUT2D eigenvalue weighted by molar-refractivity contribution is 5.82. The number of hydrogen-bond acceptors (Lipinski definition) is 4. The van der Waals surface area contributed by atoms with Gasteiger partial charge >= 0.3 is 0 Å². The van der Waals surface area contributed by atoms with Gasteiger partial charge in [-0.2, -0.15) is 0 Å². The molecule has 0 saturated carbocycles. The number of methoxy groups -OCH3 is 1. The number of anilines is 1. The third kappa shape index (κ3) is 1.75. The number of fused-ring (bicyclic) bond motifs is 1. The lowest BCUT2D eigenvalue weighted by Gasteiger charge is -2.03. The van der Waals surface area contributed by atoms with Crippen LogP contribution in [0.4, 0.5) is 5.95 Å². The van der Waals surface area contributed by atoms with Gasteiger partial charge in [0.2, 0.25) is 0 Å². The number of nitrogens with one attached hydrogen (secondary N) is 1. The van der Waals surface area contributed by atoms with E-state index >= 15 is 0 Å². The number of nitrogen functional groups attached to an aromatic ring is 1. The van der Waals surface area contributed by atoms with E-state index in [0.29, 0.717) is 5.95 Å². The zero-order chi connectivity index (χ0) is 12.5. The first kappa shape index (κ1) is 10.6. The Bertz CT molecular complexity index is 705. The maximum absolute atomic E-state index is 5.62. The van der Waals surface area contributed by atoms with Crippen molar-refractivity contribution in [3.05, 3.63) is 36.5 Å². The maximum atomic E-state index is 5.62. The fourth-order valence-corrected chi connectivity index (χ4v) is 1.88. The van der Waals surface area contributed by atoms with Crippen molar-refractivity contribution >= 4 is 17.0 Å². The fraction of sp³-hybridized carbons (Fsp3) is 0.0769. The summed E-state index contributed by atoms with van der Waals surface area (Å²) in [4.78, 5) is 11.5. The zero-order valence-electron chi connectivity index (χ0n) is 9.84. The molecule has 2 aromatic heterocycles. The summed E-state index contributed by atoms with van der Waals surface area (Å²) in [6.07, 6.45) is 1.72. The molecule has 0 radical (unpaired) electrons. The summed E-state index contributed by atoms with van der Waals surface area (Å²) in [7, 11) is 1.64. The van der Waals surface area contributed by atoms with Gasteiger partial charge in [-0.15, -0.1) is 0 Å². The van der Waals surface area contributed by atoms with E-state index in [2.05, 4.69) is 15.0 Å². The molecule has 0 saturated heterocycles. The zero-order valence-corrected chi connectivity index (χ0v) is 9.84. The Morgan fingerprint density at radius 1 is 1.22 bits per heavy atom. The molecule has 90 valence electrons. The highest BCUT2D eigenvalue weighted by Crippen LogP contribution is 2.24. The van der Waals surface area contributed by atoms with Crippen LogP contribution in [-0.2, 0) is 0 Å². The van der Waals surface area contributed by atoms with Gasteiger partial charge in [0.25, 0.3) is 0 Å². The molecule has 0 amide bonds. The SMILES string of the molecule is COc1ccnc(-c2ccc3nc(N)[nH]c3c2)c1. The van der Waals surface area contributed by atoms with E-state index in [1.165, 1.54) is 0 Å². The topological polar surface area (TPSA) is 76.8 Å². The number of imidazole rings is 1. The maximum Gasteiger partial charge on any atom is 0.198 e. The van der Waals surface area contributed by atoms with Crippen molar-refractivity contribution in [1.29, 1.82) is 0 Å². The Kier molecular flexibility index (Phi) is 2.37. The summed E-state index contributed by atoms with van der Waals surface area (Å²) in [5, 5.41) is 0. The van der Waals surface area contributed by atoms with Gasteiger partial charge in [0.05, 0.1) is 23.8 Å². The van der Waals surface area contributed by atoms with Crippen molar-refractivity contribution in [2.45, 2.75) is 0 Å². The number of H-pyrrole nitrogens is 1. The van der Waals surface area contributed by atoms with Gasteiger partial charge in [0, 0.05) is 17.8 Å². The van der Waals surface area contributed by atoms with Crippen molar-refractivity contribution in [3.8, 4) is 17.0 Å². The van der Waals surface area contributed by atoms with E-state index < -0.39 is 0 Å². The number of hydrogen-bond donors (Lipinski definition) is 2. The Balaban J connectivity index is 2.12. The first-order valence-corrected chi connectivity index (χ1v) is 5.52. The first-order chi connectivity index (χ1) is 8.76. The van der Waals surface area contributed by atoms with Crippen LogP contribution in [0.25, 0.3) is 22.3 Å². The Morgan fingerprint density at radius 2 is 2.11 bits per heavy atom. The van der Waals surface area contributed by atoms with Crippen LogP contribution in [-0.4, -0.2) is 22.1 Å². The molecule has 0 bridgehead atoms. The lowest BCUT2D eigenvalue weighted by molar-refractivity contribution is 0.414. The molecule has 0 fully saturated rings. The fourth-order valence-electron chi connectivity index (χ4n) is 1.88. The average Bonchev–Trinajstić information content (AvgIpc) is 2.77. The van der Waals surface area contributed by atoms with Crippen LogP contribution in [0.15, 0.2) is 36.5 Å². The van der Waals surface area contributed by atoms with Crippen LogP contribution in [0.2, 0.25) is 0 Å². The van der Waals surface area contributed by atoms with Gasteiger partial charge in [-0.25, -0.2) is 4.98 Å². The van der Waals surface area contributed by atoms with E-state index in [9.17, 15) is 0 Å². The predicted octanol–water partition coefficient (Wildman–Crippen LogP) is 2.22. The molecule has 3 rings (SSSR count). The summed E-state index contributed by atoms with van der Waals surface area (Å²) in [5.41, 5.74) is 9.21. The molecule has 5 heteroatoms. The smallest absolute Gasteiger partial charge is 0.198 e. The number of aromatic amines is 1. The van der Waals surface area contributed by atoms with E-state index in [-0.39, 0.29) is 0 Å². The number of rotatable bonds is 2. The molecule has 0 unspecified atom stereocenters. The molecular formula is C13H12N4O. The minimum atomic E-state index is 0.417. The Morgan fingerprint density at radius 3 is 2.94 bits per heavy atom. The van der Waals surface area contributed by atoms with Crippen LogP contribution < -0.4 is 10.5 Å². The number of benzene rings is 1. The minimum absolute atomic E-state index is 0.417. The molecule has 2 heterocycles. The molecule has 0 aliphatic rings. The van der Waals surface area contributed by atoms with Crippen LogP contribution in [0.5, 0.6) is 5.75 Å². The summed E-state index contributed by atoms with van der Waals surface area (Å²) >= 11 is 0. The predicted molar refractivity (Wildman–Crippen MR) is 70.3 cm³/mol. The second kappa shape index (κ2) is 4.03. The van der Waals surface area contributed by atoms with Crippen molar-refractivity contribution in [2.24, 2.45) is 0 Å². The van der Waals surface area contributed by atoms with Crippen LogP contribution in [0.1, 0.15) is 0 Å². The lowest BCUT2D eigenvalue weighted by Crippen LogP contribution is -1.87. The van der Waals surface area contributed by atoms with Crippen LogP contribution >= 0.6 is 0 Å². The van der Waals surface area contributed by atoms with Gasteiger partial charge in [0.15, 0.2) is 5.95 Å². The summed E-state index contributed by atoms with van der Waals surface area (Å²) in [6.45, 7) is 0. The quantitative estimate of drug-likeness (QED) is 0.720. The highest BCUT2D eigenvalue weighted by atomic mass is 16.5. The first-order valence-electron chi connectivity index (χ1n) is 5.52. The van der Waals surface area contributed by atoms with E-state index in [1.807, 2.05) is 30.3 Å². The van der Waals surface area contributed by atoms with Crippen LogP contribution in [0.3, 0.4) is 0 Å². The molecule has 0 aliphatic heterocycles. The summed E-state index contributed by atoms with van der Waals surface area (Å²) in [5.74, 6) is 1.20. The molecule has 0 spiro atoms. The summed E-state index contributed by atoms with van der Waals surface area (Å²) in [6, 6.07) is 9.56. The number of ether oxygens (including phenoxy) is 1. The highest BCUT2D eigenvalue weighted by Gasteiger charge is 2.05. The second-order valence-corrected chi connectivity index (χ2v) is 3.93. The van der Waals surface area contributed by atoms with Gasteiger partial charge < -0.3 is 15.5 Å². The van der Waals surface area contributed by atoms with Crippen molar-refractivity contribution in [2.75, 3.05) is 12.8 Å². The van der Waals surface area contributed by atoms with Crippen molar-refractivity contribution in [1.82, 2.24) is 15.0 Å². The third-order valence-electron chi connectivity index (χ3n) is 2.76. The summed E-state index contributed by atoms with van der Waals surface area (Å²) < 4.78 is 5.19. The van der Waals surface area contributed by atoms with Crippen molar-refractivity contribution < 1.29 is 4.74 Å². The monoisotopic (exact) mass is 240 g/mol. The van der Waals surface area contributed by atoms with E-state index in [0.717, 1.165) is 28.0 Å². The van der Waals surface area contributed by atoms with Crippen LogP contribution in [0, 0.1) is 0 Å². The molecule has 0 aliphatic carbocycles. The number of pyridine rings is 1. The second-order valence-electron chi connectivity index (χ2n) is 3.93. The average molecular weight is 240 g/mol. The van der Waals surface area contributed by atoms with Gasteiger partial charge in [-0.05, 0) is 18.2 Å². The largest absolute Gasteiger partial charge is 0.497 e. The third-order valence-corrected chi connectivity index (χ3v) is 2.76. The normalized spacial score (nSPS) is 10.7. The number of nitrogens with zero attached hydrogens (tertiary/aromatic N) is 2. The van der Waals surface area contributed by atoms with Gasteiger partial charge in [0.1, 0.15) is 5.75 Å². The van der Waals surface area contributed by atoms with E-state index in [1.54, 1.807) is 13.3 Å². The standard InChI is InChI=1S/C13H12N4O/c1-18-9-4-5-15-11(7-9)8-2-3-10-12(6-8)17-13(14)16-10/h2-7H,1H3,(H3,14,16,17). The lowest BCUT2D eigenvalue weighted by atomic mass is 10.1. The molecule has 18 heavy (non-hydrogen) atoms. The number of aromatic nitrogens is 3. The molecule has 0 atom stereocenters. The van der Waals surface area contributed by atoms with Crippen molar-refractivity contribution in [3.63, 3.8) is 0 Å². The molecule has 1 aromatic carbocycles. The van der Waals surface area contributed by atoms with Gasteiger partial charge in [-0.1, -0.05) is 6.07 Å². The van der Waals surface area contributed by atoms with E-state index in [4.69, 9.17) is 10.5 Å². The Hall–Kier alpha value is -2.56. The minimum Gasteiger partial charge on any atom is -0.497 e. The molecule has 3 aromatic rings. The molecular weight excluding hydrogens is 228 g/mol.